The molecule has 5 nitrogen and oxygen atoms in total. The van der Waals surface area contributed by atoms with Gasteiger partial charge in [0.2, 0.25) is 5.91 Å². The number of pyridine rings is 2. The Kier molecular flexibility index (Phi) is 4.15. The standard InChI is InChI=1S/C17H21ClN4O/c1-10(2)13-6-20-16(14-7-19-15(18)5-12(13)14)22-8-11(9-22)17(23)21(3)4/h5-7,10-11H,8-9H2,1-4H3. The highest BCUT2D eigenvalue weighted by atomic mass is 35.5. The Morgan fingerprint density at radius 2 is 1.96 bits per heavy atom. The lowest BCUT2D eigenvalue weighted by Crippen LogP contribution is -2.53. The lowest BCUT2D eigenvalue weighted by atomic mass is 9.96. The van der Waals surface area contributed by atoms with Crippen LogP contribution >= 0.6 is 11.6 Å². The monoisotopic (exact) mass is 332 g/mol. The summed E-state index contributed by atoms with van der Waals surface area (Å²) in [5, 5.41) is 2.57. The number of amides is 1. The molecule has 0 aromatic carbocycles. The van der Waals surface area contributed by atoms with Crippen molar-refractivity contribution in [3.05, 3.63) is 29.2 Å². The summed E-state index contributed by atoms with van der Waals surface area (Å²) in [6, 6.07) is 1.90. The second kappa shape index (κ2) is 5.96. The molecule has 0 atom stereocenters. The van der Waals surface area contributed by atoms with Crippen molar-refractivity contribution in [3.63, 3.8) is 0 Å². The highest BCUT2D eigenvalue weighted by Crippen LogP contribution is 2.34. The van der Waals surface area contributed by atoms with Gasteiger partial charge >= 0.3 is 0 Å². The van der Waals surface area contributed by atoms with Gasteiger partial charge in [-0.25, -0.2) is 9.97 Å². The van der Waals surface area contributed by atoms with Crippen LogP contribution in [0.15, 0.2) is 18.5 Å². The molecule has 0 bridgehead atoms. The molecule has 0 aliphatic carbocycles. The zero-order valence-corrected chi connectivity index (χ0v) is 14.6. The fourth-order valence-corrected chi connectivity index (χ4v) is 3.16. The van der Waals surface area contributed by atoms with E-state index in [4.69, 9.17) is 11.6 Å². The molecule has 0 saturated carbocycles. The van der Waals surface area contributed by atoms with E-state index in [9.17, 15) is 4.79 Å². The summed E-state index contributed by atoms with van der Waals surface area (Å²) in [4.78, 5) is 24.6. The van der Waals surface area contributed by atoms with E-state index in [-0.39, 0.29) is 11.8 Å². The first-order chi connectivity index (χ1) is 10.9. The maximum atomic E-state index is 12.0. The van der Waals surface area contributed by atoms with E-state index >= 15 is 0 Å². The van der Waals surface area contributed by atoms with E-state index in [1.54, 1.807) is 25.2 Å². The molecule has 0 N–H and O–H groups in total. The Morgan fingerprint density at radius 3 is 2.57 bits per heavy atom. The van der Waals surface area contributed by atoms with Gasteiger partial charge in [0, 0.05) is 45.0 Å². The average molecular weight is 333 g/mol. The fraction of sp³-hybridized carbons (Fsp3) is 0.471. The first-order valence-corrected chi connectivity index (χ1v) is 8.16. The third-order valence-corrected chi connectivity index (χ3v) is 4.55. The van der Waals surface area contributed by atoms with Gasteiger partial charge in [-0.3, -0.25) is 4.79 Å². The fourth-order valence-electron chi connectivity index (χ4n) is 3.00. The number of carbonyl (C=O) groups is 1. The van der Waals surface area contributed by atoms with Gasteiger partial charge in [-0.2, -0.15) is 0 Å². The van der Waals surface area contributed by atoms with Gasteiger partial charge in [-0.05, 0) is 22.9 Å². The summed E-state index contributed by atoms with van der Waals surface area (Å²) >= 11 is 6.08. The lowest BCUT2D eigenvalue weighted by Gasteiger charge is -2.40. The van der Waals surface area contributed by atoms with Crippen LogP contribution in [0.5, 0.6) is 0 Å². The van der Waals surface area contributed by atoms with E-state index < -0.39 is 0 Å². The van der Waals surface area contributed by atoms with Crippen LogP contribution in [0.25, 0.3) is 10.8 Å². The summed E-state index contributed by atoms with van der Waals surface area (Å²) < 4.78 is 0. The van der Waals surface area contributed by atoms with E-state index in [1.165, 1.54) is 0 Å². The van der Waals surface area contributed by atoms with Crippen molar-refractivity contribution in [3.8, 4) is 0 Å². The summed E-state index contributed by atoms with van der Waals surface area (Å²) in [5.41, 5.74) is 1.16. The minimum Gasteiger partial charge on any atom is -0.354 e. The van der Waals surface area contributed by atoms with Gasteiger partial charge in [0.05, 0.1) is 5.92 Å². The van der Waals surface area contributed by atoms with Crippen molar-refractivity contribution in [1.82, 2.24) is 14.9 Å². The molecular weight excluding hydrogens is 312 g/mol. The quantitative estimate of drug-likeness (QED) is 0.811. The van der Waals surface area contributed by atoms with Crippen LogP contribution in [0.2, 0.25) is 5.15 Å². The Bertz CT molecular complexity index is 754. The molecule has 0 unspecified atom stereocenters. The summed E-state index contributed by atoms with van der Waals surface area (Å²) in [6.45, 7) is 5.67. The molecule has 1 aliphatic rings. The molecule has 1 amide bonds. The van der Waals surface area contributed by atoms with Crippen LogP contribution in [0.3, 0.4) is 0 Å². The van der Waals surface area contributed by atoms with Gasteiger partial charge in [-0.15, -0.1) is 0 Å². The molecule has 6 heteroatoms. The number of hydrogen-bond acceptors (Lipinski definition) is 4. The Balaban J connectivity index is 1.95. The first kappa shape index (κ1) is 16.0. The normalized spacial score (nSPS) is 15.1. The average Bonchev–Trinajstić information content (AvgIpc) is 2.44. The SMILES string of the molecule is CC(C)c1cnc(N2CC(C(=O)N(C)C)C2)c2cnc(Cl)cc12. The summed E-state index contributed by atoms with van der Waals surface area (Å²) in [5.74, 6) is 1.46. The van der Waals surface area contributed by atoms with Crippen molar-refractivity contribution in [2.75, 3.05) is 32.1 Å². The van der Waals surface area contributed by atoms with Gasteiger partial charge in [0.25, 0.3) is 0 Å². The minimum atomic E-state index is 0.0480. The third-order valence-electron chi connectivity index (χ3n) is 4.34. The topological polar surface area (TPSA) is 49.3 Å². The van der Waals surface area contributed by atoms with Crippen LogP contribution in [0.1, 0.15) is 25.3 Å². The molecule has 23 heavy (non-hydrogen) atoms. The second-order valence-corrected chi connectivity index (χ2v) is 6.97. The van der Waals surface area contributed by atoms with Gasteiger partial charge in [0.1, 0.15) is 11.0 Å². The van der Waals surface area contributed by atoms with Crippen molar-refractivity contribution in [2.45, 2.75) is 19.8 Å². The largest absolute Gasteiger partial charge is 0.354 e. The number of nitrogens with zero attached hydrogens (tertiary/aromatic N) is 4. The predicted molar refractivity (Wildman–Crippen MR) is 93.0 cm³/mol. The zero-order chi connectivity index (χ0) is 16.7. The van der Waals surface area contributed by atoms with Crippen LogP contribution in [-0.4, -0.2) is 48.0 Å². The third kappa shape index (κ3) is 2.85. The molecule has 0 spiro atoms. The van der Waals surface area contributed by atoms with E-state index in [2.05, 4.69) is 28.7 Å². The number of rotatable bonds is 3. The number of fused-ring (bicyclic) bond motifs is 1. The zero-order valence-electron chi connectivity index (χ0n) is 13.9. The molecule has 3 rings (SSSR count). The number of hydrogen-bond donors (Lipinski definition) is 0. The minimum absolute atomic E-state index is 0.0480. The lowest BCUT2D eigenvalue weighted by molar-refractivity contribution is -0.133. The first-order valence-electron chi connectivity index (χ1n) is 7.78. The van der Waals surface area contributed by atoms with Crippen LogP contribution in [0.4, 0.5) is 5.82 Å². The molecule has 2 aromatic rings. The maximum Gasteiger partial charge on any atom is 0.228 e. The Morgan fingerprint density at radius 1 is 1.26 bits per heavy atom. The number of carbonyl (C=O) groups excluding carboxylic acids is 1. The highest BCUT2D eigenvalue weighted by molar-refractivity contribution is 6.30. The Hall–Kier alpha value is -1.88. The van der Waals surface area contributed by atoms with Crippen LogP contribution < -0.4 is 4.90 Å². The highest BCUT2D eigenvalue weighted by Gasteiger charge is 2.35. The predicted octanol–water partition coefficient (Wildman–Crippen LogP) is 2.93. The van der Waals surface area contributed by atoms with Crippen molar-refractivity contribution >= 4 is 34.1 Å². The molecule has 122 valence electrons. The molecule has 1 aliphatic heterocycles. The van der Waals surface area contributed by atoms with E-state index in [0.29, 0.717) is 24.2 Å². The summed E-state index contributed by atoms with van der Waals surface area (Å²) in [7, 11) is 3.59. The molecule has 1 saturated heterocycles. The molecule has 0 radical (unpaired) electrons. The van der Waals surface area contributed by atoms with Crippen molar-refractivity contribution in [1.29, 1.82) is 0 Å². The Labute approximate surface area is 141 Å². The molecule has 1 fully saturated rings. The molecule has 3 heterocycles. The van der Waals surface area contributed by atoms with E-state index in [0.717, 1.165) is 22.2 Å². The van der Waals surface area contributed by atoms with E-state index in [1.807, 2.05) is 12.3 Å². The smallest absolute Gasteiger partial charge is 0.228 e. The number of halogens is 1. The second-order valence-electron chi connectivity index (χ2n) is 6.58. The van der Waals surface area contributed by atoms with Gasteiger partial charge in [-0.1, -0.05) is 25.4 Å². The van der Waals surface area contributed by atoms with Crippen LogP contribution in [-0.2, 0) is 4.79 Å². The van der Waals surface area contributed by atoms with Gasteiger partial charge in [0.15, 0.2) is 0 Å². The van der Waals surface area contributed by atoms with Crippen LogP contribution in [0, 0.1) is 5.92 Å². The summed E-state index contributed by atoms with van der Waals surface area (Å²) in [6.07, 6.45) is 3.70. The van der Waals surface area contributed by atoms with Gasteiger partial charge < -0.3 is 9.80 Å². The number of aromatic nitrogens is 2. The number of anilines is 1. The molecule has 2 aromatic heterocycles. The van der Waals surface area contributed by atoms with Crippen molar-refractivity contribution < 1.29 is 4.79 Å². The maximum absolute atomic E-state index is 12.0. The molecular formula is C17H21ClN4O. The van der Waals surface area contributed by atoms with Crippen molar-refractivity contribution in [2.24, 2.45) is 5.92 Å².